The minimum Gasteiger partial charge on any atom is -0.496 e. The normalized spacial score (nSPS) is 12.2. The predicted octanol–water partition coefficient (Wildman–Crippen LogP) is 5.27. The molecule has 0 radical (unpaired) electrons. The van der Waals surface area contributed by atoms with Crippen molar-refractivity contribution in [3.8, 4) is 5.75 Å². The molecule has 2 nitrogen and oxygen atoms in total. The minimum absolute atomic E-state index is 0.288. The summed E-state index contributed by atoms with van der Waals surface area (Å²) in [4.78, 5) is 0. The van der Waals surface area contributed by atoms with Crippen LogP contribution in [0.3, 0.4) is 0 Å². The van der Waals surface area contributed by atoms with Gasteiger partial charge in [-0.15, -0.1) is 0 Å². The Kier molecular flexibility index (Phi) is 5.07. The molecule has 0 bridgehead atoms. The van der Waals surface area contributed by atoms with Crippen LogP contribution in [0.2, 0.25) is 0 Å². The molecule has 0 saturated carbocycles. The first-order valence-corrected chi connectivity index (χ1v) is 7.56. The highest BCUT2D eigenvalue weighted by molar-refractivity contribution is 9.10. The first kappa shape index (κ1) is 14.9. The molecule has 0 spiro atoms. The number of halogens is 1. The van der Waals surface area contributed by atoms with Gasteiger partial charge in [-0.1, -0.05) is 44.2 Å². The molecule has 0 fully saturated rings. The Bertz CT molecular complexity index is 554. The van der Waals surface area contributed by atoms with Gasteiger partial charge in [0, 0.05) is 5.69 Å². The zero-order valence-electron chi connectivity index (χ0n) is 12.1. The number of hydrogen-bond acceptors (Lipinski definition) is 2. The Morgan fingerprint density at radius 2 is 1.75 bits per heavy atom. The van der Waals surface area contributed by atoms with Crippen LogP contribution >= 0.6 is 15.9 Å². The second-order valence-electron chi connectivity index (χ2n) is 5.13. The standard InChI is InChI=1S/C17H20BrNO/c1-12(2)17(13-7-5-4-6-8-13)19-14-9-10-16(20-3)15(18)11-14/h4-12,17,19H,1-3H3. The molecule has 0 amide bonds. The molecule has 2 aromatic rings. The quantitative estimate of drug-likeness (QED) is 0.804. The Hall–Kier alpha value is -1.48. The third kappa shape index (κ3) is 3.54. The molecule has 0 aromatic heterocycles. The largest absolute Gasteiger partial charge is 0.496 e. The van der Waals surface area contributed by atoms with Crippen molar-refractivity contribution in [1.82, 2.24) is 0 Å². The van der Waals surface area contributed by atoms with E-state index >= 15 is 0 Å². The lowest BCUT2D eigenvalue weighted by atomic mass is 9.96. The number of ether oxygens (including phenoxy) is 1. The highest BCUT2D eigenvalue weighted by Crippen LogP contribution is 2.31. The maximum atomic E-state index is 5.26. The van der Waals surface area contributed by atoms with Gasteiger partial charge in [-0.2, -0.15) is 0 Å². The van der Waals surface area contributed by atoms with Crippen LogP contribution in [0.5, 0.6) is 5.75 Å². The summed E-state index contributed by atoms with van der Waals surface area (Å²) in [7, 11) is 1.67. The van der Waals surface area contributed by atoms with Gasteiger partial charge in [0.25, 0.3) is 0 Å². The van der Waals surface area contributed by atoms with E-state index in [1.54, 1.807) is 7.11 Å². The molecule has 1 atom stereocenters. The van der Waals surface area contributed by atoms with E-state index in [-0.39, 0.29) is 6.04 Å². The second-order valence-corrected chi connectivity index (χ2v) is 5.98. The summed E-state index contributed by atoms with van der Waals surface area (Å²) < 4.78 is 6.22. The Morgan fingerprint density at radius 3 is 2.30 bits per heavy atom. The molecule has 0 aliphatic carbocycles. The molecule has 0 aliphatic rings. The van der Waals surface area contributed by atoms with Crippen molar-refractivity contribution in [2.75, 3.05) is 12.4 Å². The van der Waals surface area contributed by atoms with Gasteiger partial charge < -0.3 is 10.1 Å². The monoisotopic (exact) mass is 333 g/mol. The van der Waals surface area contributed by atoms with Crippen molar-refractivity contribution in [2.24, 2.45) is 5.92 Å². The highest BCUT2D eigenvalue weighted by Gasteiger charge is 2.15. The lowest BCUT2D eigenvalue weighted by Gasteiger charge is -2.24. The smallest absolute Gasteiger partial charge is 0.133 e. The van der Waals surface area contributed by atoms with E-state index in [4.69, 9.17) is 4.74 Å². The van der Waals surface area contributed by atoms with Crippen molar-refractivity contribution in [1.29, 1.82) is 0 Å². The zero-order valence-corrected chi connectivity index (χ0v) is 13.6. The number of anilines is 1. The molecule has 0 saturated heterocycles. The molecule has 106 valence electrons. The van der Waals surface area contributed by atoms with Crippen molar-refractivity contribution >= 4 is 21.6 Å². The maximum absolute atomic E-state index is 5.26. The molecular formula is C17H20BrNO. The van der Waals surface area contributed by atoms with Gasteiger partial charge in [0.15, 0.2) is 0 Å². The molecule has 1 N–H and O–H groups in total. The van der Waals surface area contributed by atoms with E-state index < -0.39 is 0 Å². The third-order valence-corrected chi connectivity index (χ3v) is 3.92. The lowest BCUT2D eigenvalue weighted by molar-refractivity contribution is 0.412. The summed E-state index contributed by atoms with van der Waals surface area (Å²) in [6.07, 6.45) is 0. The molecule has 3 heteroatoms. The molecule has 2 rings (SSSR count). The first-order valence-electron chi connectivity index (χ1n) is 6.77. The average molecular weight is 334 g/mol. The fourth-order valence-corrected chi connectivity index (χ4v) is 2.77. The van der Waals surface area contributed by atoms with E-state index in [2.05, 4.69) is 65.4 Å². The van der Waals surface area contributed by atoms with Crippen molar-refractivity contribution in [2.45, 2.75) is 19.9 Å². The van der Waals surface area contributed by atoms with Gasteiger partial charge in [0.2, 0.25) is 0 Å². The topological polar surface area (TPSA) is 21.3 Å². The number of benzene rings is 2. The molecule has 1 unspecified atom stereocenters. The highest BCUT2D eigenvalue weighted by atomic mass is 79.9. The van der Waals surface area contributed by atoms with Gasteiger partial charge in [0.05, 0.1) is 17.6 Å². The van der Waals surface area contributed by atoms with E-state index in [0.717, 1.165) is 15.9 Å². The molecule has 0 aliphatic heterocycles. The summed E-state index contributed by atoms with van der Waals surface area (Å²) in [6.45, 7) is 4.45. The second kappa shape index (κ2) is 6.80. The lowest BCUT2D eigenvalue weighted by Crippen LogP contribution is -2.16. The van der Waals surface area contributed by atoms with E-state index in [1.807, 2.05) is 18.2 Å². The fourth-order valence-electron chi connectivity index (χ4n) is 2.23. The van der Waals surface area contributed by atoms with E-state index in [1.165, 1.54) is 5.56 Å². The van der Waals surface area contributed by atoms with Crippen LogP contribution < -0.4 is 10.1 Å². The maximum Gasteiger partial charge on any atom is 0.133 e. The van der Waals surface area contributed by atoms with Crippen LogP contribution in [0.4, 0.5) is 5.69 Å². The van der Waals surface area contributed by atoms with Crippen LogP contribution in [0.1, 0.15) is 25.5 Å². The predicted molar refractivity (Wildman–Crippen MR) is 88.3 cm³/mol. The van der Waals surface area contributed by atoms with E-state index in [9.17, 15) is 0 Å². The fraction of sp³-hybridized carbons (Fsp3) is 0.294. The van der Waals surface area contributed by atoms with Gasteiger partial charge in [-0.05, 0) is 45.6 Å². The number of hydrogen-bond donors (Lipinski definition) is 1. The van der Waals surface area contributed by atoms with Crippen LogP contribution in [-0.2, 0) is 0 Å². The zero-order chi connectivity index (χ0) is 14.5. The molecule has 20 heavy (non-hydrogen) atoms. The van der Waals surface area contributed by atoms with Crippen molar-refractivity contribution in [3.63, 3.8) is 0 Å². The molecule has 0 heterocycles. The van der Waals surface area contributed by atoms with Gasteiger partial charge >= 0.3 is 0 Å². The van der Waals surface area contributed by atoms with Gasteiger partial charge in [-0.25, -0.2) is 0 Å². The van der Waals surface area contributed by atoms with Gasteiger partial charge in [-0.3, -0.25) is 0 Å². The Morgan fingerprint density at radius 1 is 1.05 bits per heavy atom. The summed E-state index contributed by atoms with van der Waals surface area (Å²) in [5, 5.41) is 3.60. The summed E-state index contributed by atoms with van der Waals surface area (Å²) in [5.41, 5.74) is 2.38. The number of methoxy groups -OCH3 is 1. The van der Waals surface area contributed by atoms with E-state index in [0.29, 0.717) is 5.92 Å². The SMILES string of the molecule is COc1ccc(NC(c2ccccc2)C(C)C)cc1Br. The van der Waals surface area contributed by atoms with Crippen LogP contribution in [0.25, 0.3) is 0 Å². The number of nitrogens with one attached hydrogen (secondary N) is 1. The third-order valence-electron chi connectivity index (χ3n) is 3.30. The average Bonchev–Trinajstić information content (AvgIpc) is 2.45. The molecule has 2 aromatic carbocycles. The van der Waals surface area contributed by atoms with Gasteiger partial charge in [0.1, 0.15) is 5.75 Å². The number of rotatable bonds is 5. The van der Waals surface area contributed by atoms with Crippen molar-refractivity contribution < 1.29 is 4.74 Å². The summed E-state index contributed by atoms with van der Waals surface area (Å²) in [5.74, 6) is 1.34. The Labute approximate surface area is 129 Å². The summed E-state index contributed by atoms with van der Waals surface area (Å²) >= 11 is 3.53. The van der Waals surface area contributed by atoms with Crippen LogP contribution in [-0.4, -0.2) is 7.11 Å². The van der Waals surface area contributed by atoms with Crippen molar-refractivity contribution in [3.05, 3.63) is 58.6 Å². The first-order chi connectivity index (χ1) is 9.61. The van der Waals surface area contributed by atoms with Crippen LogP contribution in [0, 0.1) is 5.92 Å². The minimum atomic E-state index is 0.288. The summed E-state index contributed by atoms with van der Waals surface area (Å²) in [6, 6.07) is 16.9. The van der Waals surface area contributed by atoms with Crippen LogP contribution in [0.15, 0.2) is 53.0 Å². The molecular weight excluding hydrogens is 314 g/mol. The Balaban J connectivity index is 2.23.